The number of halogens is 1. The molecule has 2 aromatic heterocycles. The van der Waals surface area contributed by atoms with Gasteiger partial charge in [0.15, 0.2) is 5.69 Å². The van der Waals surface area contributed by atoms with Crippen LogP contribution in [0.1, 0.15) is 47.1 Å². The van der Waals surface area contributed by atoms with Crippen molar-refractivity contribution in [3.05, 3.63) is 39.3 Å². The molecular weight excluding hydrogens is 384 g/mol. The molecule has 0 bridgehead atoms. The van der Waals surface area contributed by atoms with Gasteiger partial charge in [-0.2, -0.15) is 0 Å². The van der Waals surface area contributed by atoms with E-state index in [1.54, 1.807) is 11.3 Å². The number of morpholine rings is 1. The maximum atomic E-state index is 13.0. The Labute approximate surface area is 167 Å². The Morgan fingerprint density at radius 1 is 1.33 bits per heavy atom. The predicted molar refractivity (Wildman–Crippen MR) is 107 cm³/mol. The van der Waals surface area contributed by atoms with E-state index in [0.29, 0.717) is 38.2 Å². The predicted octanol–water partition coefficient (Wildman–Crippen LogP) is 3.69. The fraction of sp³-hybridized carbons (Fsp3) is 0.526. The standard InChI is InChI=1S/C19H23ClN4O2S/c20-14-12-21-19(24-7-9-26-10-8-24)23-17(14)18(25)22-16(13-4-1-2-5-13)15-6-3-11-27-15/h3,6,11-13,16H,1-2,4-5,7-10H2,(H,22,25). The third kappa shape index (κ3) is 4.25. The summed E-state index contributed by atoms with van der Waals surface area (Å²) in [6.07, 6.45) is 6.23. The summed E-state index contributed by atoms with van der Waals surface area (Å²) in [5, 5.41) is 5.53. The topological polar surface area (TPSA) is 67.4 Å². The first-order valence-electron chi connectivity index (χ1n) is 9.42. The normalized spacial score (nSPS) is 19.2. The highest BCUT2D eigenvalue weighted by atomic mass is 35.5. The van der Waals surface area contributed by atoms with Gasteiger partial charge in [0.2, 0.25) is 5.95 Å². The number of nitrogens with one attached hydrogen (secondary N) is 1. The minimum absolute atomic E-state index is 0.0119. The number of carbonyl (C=O) groups excluding carboxylic acids is 1. The molecule has 1 aliphatic carbocycles. The molecule has 1 aliphatic heterocycles. The number of hydrogen-bond acceptors (Lipinski definition) is 6. The van der Waals surface area contributed by atoms with Gasteiger partial charge in [0.05, 0.1) is 30.5 Å². The van der Waals surface area contributed by atoms with Crippen molar-refractivity contribution in [3.8, 4) is 0 Å². The van der Waals surface area contributed by atoms with Crippen LogP contribution in [-0.2, 0) is 4.74 Å². The minimum Gasteiger partial charge on any atom is -0.378 e. The molecule has 4 rings (SSSR count). The summed E-state index contributed by atoms with van der Waals surface area (Å²) in [5.74, 6) is 0.760. The van der Waals surface area contributed by atoms with Gasteiger partial charge in [-0.05, 0) is 30.2 Å². The molecule has 6 nitrogen and oxygen atoms in total. The minimum atomic E-state index is -0.234. The number of nitrogens with zero attached hydrogens (tertiary/aromatic N) is 3. The lowest BCUT2D eigenvalue weighted by Crippen LogP contribution is -2.38. The first-order chi connectivity index (χ1) is 13.2. The molecule has 1 atom stereocenters. The summed E-state index contributed by atoms with van der Waals surface area (Å²) in [6, 6.07) is 4.13. The molecule has 27 heavy (non-hydrogen) atoms. The van der Waals surface area contributed by atoms with E-state index in [-0.39, 0.29) is 22.7 Å². The van der Waals surface area contributed by atoms with Crippen molar-refractivity contribution >= 4 is 34.8 Å². The van der Waals surface area contributed by atoms with E-state index in [0.717, 1.165) is 12.8 Å². The van der Waals surface area contributed by atoms with Crippen LogP contribution in [0.5, 0.6) is 0 Å². The summed E-state index contributed by atoms with van der Waals surface area (Å²) >= 11 is 7.95. The van der Waals surface area contributed by atoms with Gasteiger partial charge in [0.25, 0.3) is 5.91 Å². The second-order valence-corrected chi connectivity index (χ2v) is 8.36. The van der Waals surface area contributed by atoms with Crippen LogP contribution in [-0.4, -0.2) is 42.2 Å². The fourth-order valence-electron chi connectivity index (χ4n) is 3.82. The van der Waals surface area contributed by atoms with Crippen LogP contribution >= 0.6 is 22.9 Å². The molecule has 144 valence electrons. The van der Waals surface area contributed by atoms with Gasteiger partial charge in [-0.25, -0.2) is 9.97 Å². The Morgan fingerprint density at radius 2 is 2.11 bits per heavy atom. The molecule has 2 aliphatic rings. The van der Waals surface area contributed by atoms with E-state index in [9.17, 15) is 4.79 Å². The number of amides is 1. The number of carbonyl (C=O) groups is 1. The van der Waals surface area contributed by atoms with Gasteiger partial charge in [-0.1, -0.05) is 30.5 Å². The first-order valence-corrected chi connectivity index (χ1v) is 10.7. The van der Waals surface area contributed by atoms with E-state index >= 15 is 0 Å². The molecule has 0 spiro atoms. The average molecular weight is 407 g/mol. The lowest BCUT2D eigenvalue weighted by molar-refractivity contribution is 0.0917. The van der Waals surface area contributed by atoms with E-state index in [4.69, 9.17) is 16.3 Å². The number of anilines is 1. The lowest BCUT2D eigenvalue weighted by Gasteiger charge is -2.27. The Morgan fingerprint density at radius 3 is 2.81 bits per heavy atom. The zero-order valence-electron chi connectivity index (χ0n) is 15.1. The second-order valence-electron chi connectivity index (χ2n) is 6.98. The number of ether oxygens (including phenoxy) is 1. The highest BCUT2D eigenvalue weighted by Crippen LogP contribution is 2.37. The van der Waals surface area contributed by atoms with Gasteiger partial charge < -0.3 is 15.0 Å². The summed E-state index contributed by atoms with van der Waals surface area (Å²) in [5.41, 5.74) is 0.243. The van der Waals surface area contributed by atoms with Crippen molar-refractivity contribution in [1.82, 2.24) is 15.3 Å². The van der Waals surface area contributed by atoms with Crippen LogP contribution in [0.4, 0.5) is 5.95 Å². The van der Waals surface area contributed by atoms with Crippen molar-refractivity contribution in [2.75, 3.05) is 31.2 Å². The molecular formula is C19H23ClN4O2S. The summed E-state index contributed by atoms with van der Waals surface area (Å²) in [6.45, 7) is 2.69. The molecule has 1 N–H and O–H groups in total. The molecule has 8 heteroatoms. The van der Waals surface area contributed by atoms with E-state index in [1.807, 2.05) is 11.0 Å². The monoisotopic (exact) mass is 406 g/mol. The van der Waals surface area contributed by atoms with Crippen molar-refractivity contribution in [2.45, 2.75) is 31.7 Å². The summed E-state index contributed by atoms with van der Waals surface area (Å²) in [7, 11) is 0. The average Bonchev–Trinajstić information content (AvgIpc) is 3.41. The highest BCUT2D eigenvalue weighted by Gasteiger charge is 2.30. The molecule has 2 fully saturated rings. The van der Waals surface area contributed by atoms with Crippen molar-refractivity contribution in [3.63, 3.8) is 0 Å². The van der Waals surface area contributed by atoms with Crippen LogP contribution < -0.4 is 10.2 Å². The number of aromatic nitrogens is 2. The lowest BCUT2D eigenvalue weighted by atomic mass is 9.96. The van der Waals surface area contributed by atoms with Crippen molar-refractivity contribution in [2.24, 2.45) is 5.92 Å². The van der Waals surface area contributed by atoms with Crippen LogP contribution in [0.2, 0.25) is 5.02 Å². The van der Waals surface area contributed by atoms with Gasteiger partial charge in [-0.15, -0.1) is 11.3 Å². The maximum Gasteiger partial charge on any atom is 0.272 e. The van der Waals surface area contributed by atoms with Gasteiger partial charge in [0, 0.05) is 18.0 Å². The van der Waals surface area contributed by atoms with Crippen LogP contribution in [0.3, 0.4) is 0 Å². The molecule has 3 heterocycles. The molecule has 1 unspecified atom stereocenters. The highest BCUT2D eigenvalue weighted by molar-refractivity contribution is 7.10. The van der Waals surface area contributed by atoms with E-state index in [1.165, 1.54) is 23.9 Å². The Bertz CT molecular complexity index is 774. The third-order valence-corrected chi connectivity index (χ3v) is 6.48. The number of hydrogen-bond donors (Lipinski definition) is 1. The zero-order chi connectivity index (χ0) is 18.6. The van der Waals surface area contributed by atoms with Gasteiger partial charge in [-0.3, -0.25) is 4.79 Å². The van der Waals surface area contributed by atoms with Gasteiger partial charge >= 0.3 is 0 Å². The molecule has 1 saturated heterocycles. The second kappa shape index (κ2) is 8.54. The Kier molecular flexibility index (Phi) is 5.90. The Hall–Kier alpha value is -1.70. The number of thiophene rings is 1. The largest absolute Gasteiger partial charge is 0.378 e. The molecule has 1 amide bonds. The van der Waals surface area contributed by atoms with Crippen LogP contribution in [0, 0.1) is 5.92 Å². The third-order valence-electron chi connectivity index (χ3n) is 5.25. The van der Waals surface area contributed by atoms with E-state index < -0.39 is 0 Å². The molecule has 2 aromatic rings. The van der Waals surface area contributed by atoms with Crippen molar-refractivity contribution < 1.29 is 9.53 Å². The summed E-state index contributed by atoms with van der Waals surface area (Å²) < 4.78 is 5.37. The molecule has 0 radical (unpaired) electrons. The van der Waals surface area contributed by atoms with Crippen LogP contribution in [0.25, 0.3) is 0 Å². The van der Waals surface area contributed by atoms with Crippen LogP contribution in [0.15, 0.2) is 23.7 Å². The summed E-state index contributed by atoms with van der Waals surface area (Å²) in [4.78, 5) is 25.0. The molecule has 1 saturated carbocycles. The molecule has 0 aromatic carbocycles. The number of rotatable bonds is 5. The SMILES string of the molecule is O=C(NC(c1cccs1)C1CCCC1)c1nc(N2CCOCC2)ncc1Cl. The van der Waals surface area contributed by atoms with Crippen molar-refractivity contribution in [1.29, 1.82) is 0 Å². The maximum absolute atomic E-state index is 13.0. The first kappa shape index (κ1) is 18.7. The smallest absolute Gasteiger partial charge is 0.272 e. The quantitative estimate of drug-likeness (QED) is 0.820. The fourth-order valence-corrected chi connectivity index (χ4v) is 4.87. The van der Waals surface area contributed by atoms with Gasteiger partial charge in [0.1, 0.15) is 0 Å². The zero-order valence-corrected chi connectivity index (χ0v) is 16.6. The Balaban J connectivity index is 1.55. The van der Waals surface area contributed by atoms with E-state index in [2.05, 4.69) is 26.7 Å².